The fraction of sp³-hybridized carbons (Fsp3) is 0.333. The molecule has 23 heavy (non-hydrogen) atoms. The van der Waals surface area contributed by atoms with Gasteiger partial charge in [-0.1, -0.05) is 24.3 Å². The van der Waals surface area contributed by atoms with Gasteiger partial charge in [0.05, 0.1) is 0 Å². The fourth-order valence-electron chi connectivity index (χ4n) is 2.72. The van der Waals surface area contributed by atoms with E-state index in [9.17, 15) is 19.2 Å². The number of piperidine rings is 1. The van der Waals surface area contributed by atoms with E-state index in [-0.39, 0.29) is 23.5 Å². The summed E-state index contributed by atoms with van der Waals surface area (Å²) in [7, 11) is 0. The van der Waals surface area contributed by atoms with Crippen LogP contribution in [0.25, 0.3) is 6.08 Å². The summed E-state index contributed by atoms with van der Waals surface area (Å²) in [6.45, 7) is 1.46. The van der Waals surface area contributed by atoms with Gasteiger partial charge in [-0.25, -0.2) is 0 Å². The molecule has 0 aromatic heterocycles. The Morgan fingerprint density at radius 1 is 1.30 bits per heavy atom. The average molecular weight is 313 g/mol. The zero-order chi connectivity index (χ0) is 16.8. The van der Waals surface area contributed by atoms with Gasteiger partial charge >= 0.3 is 0 Å². The van der Waals surface area contributed by atoms with Gasteiger partial charge in [0.15, 0.2) is 5.78 Å². The number of hydrogen-bond acceptors (Lipinski definition) is 4. The molecule has 5 heteroatoms. The van der Waals surface area contributed by atoms with Crippen LogP contribution in [0.5, 0.6) is 0 Å². The minimum atomic E-state index is -0.245. The van der Waals surface area contributed by atoms with Gasteiger partial charge in [0.2, 0.25) is 11.8 Å². The van der Waals surface area contributed by atoms with Gasteiger partial charge in [0.25, 0.3) is 0 Å². The Balaban J connectivity index is 2.17. The van der Waals surface area contributed by atoms with E-state index in [1.807, 2.05) is 6.07 Å². The maximum absolute atomic E-state index is 11.8. The molecular formula is C18H19NO4. The maximum atomic E-state index is 11.8. The normalized spacial score (nSPS) is 18.0. The predicted molar refractivity (Wildman–Crippen MR) is 85.7 cm³/mol. The molecule has 2 rings (SSSR count). The van der Waals surface area contributed by atoms with Crippen LogP contribution in [0.2, 0.25) is 0 Å². The van der Waals surface area contributed by atoms with E-state index >= 15 is 0 Å². The standard InChI is InChI=1S/C18H19NO4/c1-12(21)5-6-13-3-2-4-15(11-20)16(13)9-7-14-8-10-17(22)19-18(14)23/h2-6,11,14H,7-10H2,1H3,(H,19,22,23)/b6-5+. The predicted octanol–water partition coefficient (Wildman–Crippen LogP) is 2.09. The highest BCUT2D eigenvalue weighted by Gasteiger charge is 2.26. The second kappa shape index (κ2) is 7.63. The zero-order valence-corrected chi connectivity index (χ0v) is 13.0. The van der Waals surface area contributed by atoms with Gasteiger partial charge in [-0.3, -0.25) is 24.5 Å². The summed E-state index contributed by atoms with van der Waals surface area (Å²) in [6, 6.07) is 5.32. The number of amides is 2. The van der Waals surface area contributed by atoms with Crippen LogP contribution < -0.4 is 5.32 Å². The molecule has 1 N–H and O–H groups in total. The number of aldehydes is 1. The zero-order valence-electron chi connectivity index (χ0n) is 13.0. The van der Waals surface area contributed by atoms with Gasteiger partial charge < -0.3 is 0 Å². The molecule has 1 aliphatic rings. The molecule has 1 fully saturated rings. The number of carbonyl (C=O) groups is 4. The Bertz CT molecular complexity index is 676. The number of carbonyl (C=O) groups excluding carboxylic acids is 4. The van der Waals surface area contributed by atoms with E-state index in [4.69, 9.17) is 0 Å². The van der Waals surface area contributed by atoms with Gasteiger partial charge in [-0.2, -0.15) is 0 Å². The minimum absolute atomic E-state index is 0.0716. The first-order chi connectivity index (χ1) is 11.0. The number of ketones is 1. The molecule has 1 aromatic carbocycles. The molecule has 0 bridgehead atoms. The fourth-order valence-corrected chi connectivity index (χ4v) is 2.72. The van der Waals surface area contributed by atoms with Crippen molar-refractivity contribution >= 4 is 30.0 Å². The van der Waals surface area contributed by atoms with Crippen LogP contribution in [0.3, 0.4) is 0 Å². The van der Waals surface area contributed by atoms with Gasteiger partial charge in [0.1, 0.15) is 6.29 Å². The first kappa shape index (κ1) is 16.8. The minimum Gasteiger partial charge on any atom is -0.298 e. The molecule has 0 saturated carbocycles. The number of nitrogens with one attached hydrogen (secondary N) is 1. The second-order valence-corrected chi connectivity index (χ2v) is 5.66. The van der Waals surface area contributed by atoms with E-state index in [0.29, 0.717) is 31.2 Å². The van der Waals surface area contributed by atoms with Crippen molar-refractivity contribution in [3.8, 4) is 0 Å². The Kier molecular flexibility index (Phi) is 5.57. The Morgan fingerprint density at radius 2 is 2.04 bits per heavy atom. The van der Waals surface area contributed by atoms with Crippen molar-refractivity contribution in [1.82, 2.24) is 5.32 Å². The molecule has 0 spiro atoms. The maximum Gasteiger partial charge on any atom is 0.229 e. The monoisotopic (exact) mass is 313 g/mol. The first-order valence-electron chi connectivity index (χ1n) is 7.60. The van der Waals surface area contributed by atoms with Crippen molar-refractivity contribution in [2.45, 2.75) is 32.6 Å². The van der Waals surface area contributed by atoms with E-state index in [2.05, 4.69) is 5.32 Å². The van der Waals surface area contributed by atoms with Crippen molar-refractivity contribution in [2.24, 2.45) is 5.92 Å². The molecule has 5 nitrogen and oxygen atoms in total. The summed E-state index contributed by atoms with van der Waals surface area (Å²) >= 11 is 0. The number of hydrogen-bond donors (Lipinski definition) is 1. The van der Waals surface area contributed by atoms with Crippen LogP contribution in [-0.4, -0.2) is 23.9 Å². The highest BCUT2D eigenvalue weighted by Crippen LogP contribution is 2.23. The summed E-state index contributed by atoms with van der Waals surface area (Å²) in [6.07, 6.45) is 5.92. The van der Waals surface area contributed by atoms with Crippen molar-refractivity contribution in [1.29, 1.82) is 0 Å². The molecule has 1 saturated heterocycles. The van der Waals surface area contributed by atoms with Gasteiger partial charge in [0, 0.05) is 17.9 Å². The highest BCUT2D eigenvalue weighted by molar-refractivity contribution is 5.98. The van der Waals surface area contributed by atoms with Gasteiger partial charge in [-0.05, 0) is 43.4 Å². The smallest absolute Gasteiger partial charge is 0.229 e. The Morgan fingerprint density at radius 3 is 2.70 bits per heavy atom. The molecule has 1 atom stereocenters. The summed E-state index contributed by atoms with van der Waals surface area (Å²) in [5.41, 5.74) is 2.18. The molecule has 1 aliphatic heterocycles. The lowest BCUT2D eigenvalue weighted by Gasteiger charge is -2.21. The summed E-state index contributed by atoms with van der Waals surface area (Å²) in [5, 5.41) is 2.34. The summed E-state index contributed by atoms with van der Waals surface area (Å²) < 4.78 is 0. The Hall–Kier alpha value is -2.56. The molecule has 2 amide bonds. The van der Waals surface area contributed by atoms with Crippen molar-refractivity contribution < 1.29 is 19.2 Å². The Labute approximate surface area is 134 Å². The summed E-state index contributed by atoms with van der Waals surface area (Å²) in [5.74, 6) is -0.773. The summed E-state index contributed by atoms with van der Waals surface area (Å²) in [4.78, 5) is 45.4. The van der Waals surface area contributed by atoms with Gasteiger partial charge in [-0.15, -0.1) is 0 Å². The lowest BCUT2D eigenvalue weighted by atomic mass is 9.89. The number of allylic oxidation sites excluding steroid dienone is 1. The van der Waals surface area contributed by atoms with Crippen LogP contribution in [0.4, 0.5) is 0 Å². The largest absolute Gasteiger partial charge is 0.298 e. The first-order valence-corrected chi connectivity index (χ1v) is 7.60. The SMILES string of the molecule is CC(=O)/C=C/c1cccc(C=O)c1CCC1CCC(=O)NC1=O. The molecule has 0 aliphatic carbocycles. The van der Waals surface area contributed by atoms with E-state index in [1.54, 1.807) is 18.2 Å². The second-order valence-electron chi connectivity index (χ2n) is 5.66. The third-order valence-electron chi connectivity index (χ3n) is 3.97. The molecule has 1 unspecified atom stereocenters. The lowest BCUT2D eigenvalue weighted by Crippen LogP contribution is -2.40. The van der Waals surface area contributed by atoms with Crippen LogP contribution in [-0.2, 0) is 20.8 Å². The quantitative estimate of drug-likeness (QED) is 0.495. The number of imide groups is 1. The van der Waals surface area contributed by atoms with E-state index in [0.717, 1.165) is 17.4 Å². The molecule has 1 aromatic rings. The molecule has 0 radical (unpaired) electrons. The number of rotatable bonds is 6. The molecule has 120 valence electrons. The van der Waals surface area contributed by atoms with Crippen LogP contribution >= 0.6 is 0 Å². The average Bonchev–Trinajstić information content (AvgIpc) is 2.52. The highest BCUT2D eigenvalue weighted by atomic mass is 16.2. The third kappa shape index (κ3) is 4.45. The van der Waals surface area contributed by atoms with E-state index < -0.39 is 0 Å². The van der Waals surface area contributed by atoms with Crippen molar-refractivity contribution in [2.75, 3.05) is 0 Å². The van der Waals surface area contributed by atoms with Crippen LogP contribution in [0, 0.1) is 5.92 Å². The van der Waals surface area contributed by atoms with Crippen molar-refractivity contribution in [3.05, 3.63) is 41.0 Å². The van der Waals surface area contributed by atoms with Crippen LogP contribution in [0.15, 0.2) is 24.3 Å². The third-order valence-corrected chi connectivity index (χ3v) is 3.97. The lowest BCUT2D eigenvalue weighted by molar-refractivity contribution is -0.136. The van der Waals surface area contributed by atoms with Crippen molar-refractivity contribution in [3.63, 3.8) is 0 Å². The molecule has 1 heterocycles. The van der Waals surface area contributed by atoms with Crippen LogP contribution in [0.1, 0.15) is 47.7 Å². The topological polar surface area (TPSA) is 80.3 Å². The number of benzene rings is 1. The van der Waals surface area contributed by atoms with E-state index in [1.165, 1.54) is 13.0 Å². The molecular weight excluding hydrogens is 294 g/mol.